The number of halogens is 1. The van der Waals surface area contributed by atoms with Gasteiger partial charge in [-0.2, -0.15) is 0 Å². The zero-order valence-corrected chi connectivity index (χ0v) is 14.9. The second-order valence-corrected chi connectivity index (χ2v) is 6.70. The van der Waals surface area contributed by atoms with E-state index in [-0.39, 0.29) is 17.1 Å². The first-order valence-electron chi connectivity index (χ1n) is 8.08. The average molecular weight is 346 g/mol. The van der Waals surface area contributed by atoms with Gasteiger partial charge >= 0.3 is 6.03 Å². The number of nitrogens with one attached hydrogen (secondary N) is 1. The van der Waals surface area contributed by atoms with Crippen molar-refractivity contribution in [3.8, 4) is 0 Å². The van der Waals surface area contributed by atoms with Crippen LogP contribution in [0.1, 0.15) is 30.7 Å². The summed E-state index contributed by atoms with van der Waals surface area (Å²) < 4.78 is 13.7. The van der Waals surface area contributed by atoms with Crippen LogP contribution in [0.5, 0.6) is 0 Å². The second-order valence-electron chi connectivity index (χ2n) is 5.51. The SMILES string of the molecule is CCCCSC(c1ccccc1)N(C)C(=O)Nc1ccccc1F. The van der Waals surface area contributed by atoms with Gasteiger partial charge in [-0.3, -0.25) is 0 Å². The lowest BCUT2D eigenvalue weighted by Gasteiger charge is -2.28. The summed E-state index contributed by atoms with van der Waals surface area (Å²) in [6.45, 7) is 2.15. The zero-order chi connectivity index (χ0) is 17.4. The van der Waals surface area contributed by atoms with Crippen molar-refractivity contribution in [2.24, 2.45) is 0 Å². The summed E-state index contributed by atoms with van der Waals surface area (Å²) in [4.78, 5) is 14.2. The maximum Gasteiger partial charge on any atom is 0.322 e. The van der Waals surface area contributed by atoms with Crippen LogP contribution in [0.4, 0.5) is 14.9 Å². The third kappa shape index (κ3) is 4.99. The molecule has 2 aromatic rings. The molecule has 0 aliphatic heterocycles. The van der Waals surface area contributed by atoms with Crippen molar-refractivity contribution in [3.05, 3.63) is 66.0 Å². The number of nitrogens with zero attached hydrogens (tertiary/aromatic N) is 1. The van der Waals surface area contributed by atoms with Crippen LogP contribution in [0.2, 0.25) is 0 Å². The lowest BCUT2D eigenvalue weighted by atomic mass is 10.2. The number of para-hydroxylation sites is 1. The van der Waals surface area contributed by atoms with Crippen LogP contribution < -0.4 is 5.32 Å². The molecule has 2 amide bonds. The van der Waals surface area contributed by atoms with E-state index in [0.717, 1.165) is 24.2 Å². The van der Waals surface area contributed by atoms with E-state index in [1.165, 1.54) is 6.07 Å². The molecule has 0 saturated heterocycles. The molecular formula is C19H23FN2OS. The van der Waals surface area contributed by atoms with Gasteiger partial charge in [0, 0.05) is 7.05 Å². The van der Waals surface area contributed by atoms with Gasteiger partial charge in [0.1, 0.15) is 11.2 Å². The maximum absolute atomic E-state index is 13.7. The highest BCUT2D eigenvalue weighted by atomic mass is 32.2. The van der Waals surface area contributed by atoms with Crippen LogP contribution in [-0.4, -0.2) is 23.7 Å². The van der Waals surface area contributed by atoms with Crippen molar-refractivity contribution in [2.45, 2.75) is 25.1 Å². The molecule has 2 aromatic carbocycles. The molecule has 0 aliphatic rings. The fourth-order valence-corrected chi connectivity index (χ4v) is 3.61. The van der Waals surface area contributed by atoms with E-state index in [0.29, 0.717) is 0 Å². The van der Waals surface area contributed by atoms with E-state index >= 15 is 0 Å². The van der Waals surface area contributed by atoms with Gasteiger partial charge in [0.05, 0.1) is 5.69 Å². The summed E-state index contributed by atoms with van der Waals surface area (Å²) in [6, 6.07) is 15.8. The van der Waals surface area contributed by atoms with Gasteiger partial charge in [-0.25, -0.2) is 9.18 Å². The highest BCUT2D eigenvalue weighted by Crippen LogP contribution is 2.32. The van der Waals surface area contributed by atoms with Crippen LogP contribution >= 0.6 is 11.8 Å². The molecule has 0 spiro atoms. The fourth-order valence-electron chi connectivity index (χ4n) is 2.26. The molecule has 5 heteroatoms. The number of anilines is 1. The smallest absolute Gasteiger partial charge is 0.311 e. The molecule has 0 fully saturated rings. The Balaban J connectivity index is 2.12. The number of thioether (sulfide) groups is 1. The Morgan fingerprint density at radius 1 is 1.17 bits per heavy atom. The van der Waals surface area contributed by atoms with Crippen molar-refractivity contribution in [2.75, 3.05) is 18.1 Å². The van der Waals surface area contributed by atoms with Crippen molar-refractivity contribution in [1.29, 1.82) is 0 Å². The normalized spacial score (nSPS) is 11.8. The van der Waals surface area contributed by atoms with Crippen LogP contribution in [-0.2, 0) is 0 Å². The molecule has 0 aliphatic carbocycles. The Labute approximate surface area is 147 Å². The topological polar surface area (TPSA) is 32.3 Å². The van der Waals surface area contributed by atoms with Crippen LogP contribution in [0.3, 0.4) is 0 Å². The minimum absolute atomic E-state index is 0.107. The monoisotopic (exact) mass is 346 g/mol. The van der Waals surface area contributed by atoms with E-state index in [1.807, 2.05) is 30.3 Å². The highest BCUT2D eigenvalue weighted by molar-refractivity contribution is 7.99. The molecule has 3 nitrogen and oxygen atoms in total. The number of urea groups is 1. The predicted molar refractivity (Wildman–Crippen MR) is 99.7 cm³/mol. The van der Waals surface area contributed by atoms with E-state index in [2.05, 4.69) is 12.2 Å². The third-order valence-corrected chi connectivity index (χ3v) is 5.07. The summed E-state index contributed by atoms with van der Waals surface area (Å²) in [5, 5.41) is 2.54. The van der Waals surface area contributed by atoms with Crippen molar-refractivity contribution < 1.29 is 9.18 Å². The zero-order valence-electron chi connectivity index (χ0n) is 14.0. The van der Waals surface area contributed by atoms with Gasteiger partial charge in [-0.15, -0.1) is 11.8 Å². The lowest BCUT2D eigenvalue weighted by molar-refractivity contribution is 0.219. The van der Waals surface area contributed by atoms with E-state index in [1.54, 1.807) is 41.9 Å². The highest BCUT2D eigenvalue weighted by Gasteiger charge is 2.22. The molecule has 1 N–H and O–H groups in total. The molecular weight excluding hydrogens is 323 g/mol. The fraction of sp³-hybridized carbons (Fsp3) is 0.316. The number of unbranched alkanes of at least 4 members (excludes halogenated alkanes) is 1. The number of hydrogen-bond acceptors (Lipinski definition) is 2. The summed E-state index contributed by atoms with van der Waals surface area (Å²) in [5.41, 5.74) is 1.25. The van der Waals surface area contributed by atoms with E-state index in [9.17, 15) is 9.18 Å². The number of hydrogen-bond donors (Lipinski definition) is 1. The molecule has 0 heterocycles. The largest absolute Gasteiger partial charge is 0.322 e. The van der Waals surface area contributed by atoms with Gasteiger partial charge in [0.2, 0.25) is 0 Å². The predicted octanol–water partition coefficient (Wildman–Crippen LogP) is 5.52. The number of carbonyl (C=O) groups is 1. The van der Waals surface area contributed by atoms with Gasteiger partial charge in [-0.05, 0) is 29.9 Å². The molecule has 0 radical (unpaired) electrons. The third-order valence-electron chi connectivity index (χ3n) is 3.65. The van der Waals surface area contributed by atoms with E-state index < -0.39 is 5.82 Å². The summed E-state index contributed by atoms with van der Waals surface area (Å²) in [6.07, 6.45) is 2.20. The minimum atomic E-state index is -0.436. The average Bonchev–Trinajstić information content (AvgIpc) is 2.61. The molecule has 24 heavy (non-hydrogen) atoms. The molecule has 128 valence electrons. The standard InChI is InChI=1S/C19H23FN2OS/c1-3-4-14-24-18(15-10-6-5-7-11-15)22(2)19(23)21-17-13-9-8-12-16(17)20/h5-13,18H,3-4,14H2,1-2H3,(H,21,23). The van der Waals surface area contributed by atoms with Crippen LogP contribution in [0.25, 0.3) is 0 Å². The Morgan fingerprint density at radius 2 is 1.83 bits per heavy atom. The Hall–Kier alpha value is -2.01. The number of benzene rings is 2. The number of carbonyl (C=O) groups excluding carboxylic acids is 1. The van der Waals surface area contributed by atoms with Crippen molar-refractivity contribution in [3.63, 3.8) is 0 Å². The summed E-state index contributed by atoms with van der Waals surface area (Å²) >= 11 is 1.72. The Bertz CT molecular complexity index is 651. The second kappa shape index (κ2) is 9.33. The molecule has 2 rings (SSSR count). The summed E-state index contributed by atoms with van der Waals surface area (Å²) in [5.74, 6) is 0.530. The van der Waals surface area contributed by atoms with E-state index in [4.69, 9.17) is 0 Å². The number of amides is 2. The van der Waals surface area contributed by atoms with Crippen LogP contribution in [0.15, 0.2) is 54.6 Å². The quantitative estimate of drug-likeness (QED) is 0.529. The first kappa shape index (κ1) is 18.3. The van der Waals surface area contributed by atoms with Gasteiger partial charge in [0.15, 0.2) is 0 Å². The van der Waals surface area contributed by atoms with Crippen molar-refractivity contribution in [1.82, 2.24) is 4.90 Å². The van der Waals surface area contributed by atoms with Gasteiger partial charge in [0.25, 0.3) is 0 Å². The molecule has 1 atom stereocenters. The first-order valence-corrected chi connectivity index (χ1v) is 9.13. The number of rotatable bonds is 7. The Morgan fingerprint density at radius 3 is 2.50 bits per heavy atom. The first-order chi connectivity index (χ1) is 11.6. The molecule has 1 unspecified atom stereocenters. The van der Waals surface area contributed by atoms with Gasteiger partial charge < -0.3 is 10.2 Å². The minimum Gasteiger partial charge on any atom is -0.311 e. The molecule has 0 aromatic heterocycles. The molecule has 0 saturated carbocycles. The van der Waals surface area contributed by atoms with Crippen LogP contribution in [0, 0.1) is 5.82 Å². The Kier molecular flexibility index (Phi) is 7.12. The maximum atomic E-state index is 13.7. The lowest BCUT2D eigenvalue weighted by Crippen LogP contribution is -2.34. The molecule has 0 bridgehead atoms. The van der Waals surface area contributed by atoms with Gasteiger partial charge in [-0.1, -0.05) is 55.8 Å². The van der Waals surface area contributed by atoms with Crippen molar-refractivity contribution >= 4 is 23.5 Å². The summed E-state index contributed by atoms with van der Waals surface area (Å²) in [7, 11) is 1.74.